The van der Waals surface area contributed by atoms with Crippen LogP contribution in [0.25, 0.3) is 10.9 Å². The summed E-state index contributed by atoms with van der Waals surface area (Å²) in [6.45, 7) is 8.21. The Balaban J connectivity index is 0.000000241. The number of anilines is 1. The summed E-state index contributed by atoms with van der Waals surface area (Å²) in [5.41, 5.74) is 3.92. The van der Waals surface area contributed by atoms with Crippen LogP contribution in [-0.2, 0) is 23.1 Å². The summed E-state index contributed by atoms with van der Waals surface area (Å²) in [4.78, 5) is 38.9. The average Bonchev–Trinajstić information content (AvgIpc) is 2.85. The number of methoxy groups -OCH3 is 1. The number of nitrogens with one attached hydrogen (secondary N) is 1. The van der Waals surface area contributed by atoms with Gasteiger partial charge in [-0.2, -0.15) is 0 Å². The van der Waals surface area contributed by atoms with Gasteiger partial charge in [0.05, 0.1) is 31.1 Å². The molecular formula is C31H42N4O5. The van der Waals surface area contributed by atoms with Crippen LogP contribution in [0.1, 0.15) is 51.2 Å². The minimum absolute atomic E-state index is 0.252. The highest BCUT2D eigenvalue weighted by atomic mass is 16.6. The molecule has 0 saturated heterocycles. The fraction of sp³-hybridized carbons (Fsp3) is 0.452. The van der Waals surface area contributed by atoms with Crippen molar-refractivity contribution < 1.29 is 14.3 Å². The van der Waals surface area contributed by atoms with Gasteiger partial charge in [0.2, 0.25) is 0 Å². The third kappa shape index (κ3) is 7.77. The Morgan fingerprint density at radius 1 is 1.07 bits per heavy atom. The van der Waals surface area contributed by atoms with Crippen molar-refractivity contribution in [3.05, 3.63) is 85.8 Å². The molecule has 1 aliphatic rings. The van der Waals surface area contributed by atoms with Crippen molar-refractivity contribution >= 4 is 22.7 Å². The van der Waals surface area contributed by atoms with Crippen LogP contribution in [0, 0.1) is 6.92 Å². The largest absolute Gasteiger partial charge is 0.499 e. The molecule has 4 rings (SSSR count). The summed E-state index contributed by atoms with van der Waals surface area (Å²) in [5.74, 6) is 0.872. The number of rotatable bonds is 6. The van der Waals surface area contributed by atoms with Crippen LogP contribution >= 0.6 is 0 Å². The topological polar surface area (TPSA) is 94.8 Å². The molecule has 9 nitrogen and oxygen atoms in total. The lowest BCUT2D eigenvalue weighted by atomic mass is 9.91. The average molecular weight is 551 g/mol. The summed E-state index contributed by atoms with van der Waals surface area (Å²) < 4.78 is 13.2. The van der Waals surface area contributed by atoms with E-state index >= 15 is 0 Å². The van der Waals surface area contributed by atoms with Crippen LogP contribution in [0.5, 0.6) is 0 Å². The summed E-state index contributed by atoms with van der Waals surface area (Å²) in [6, 6.07) is 13.4. The molecule has 1 N–H and O–H groups in total. The molecule has 1 amide bonds. The molecule has 0 aliphatic heterocycles. The second-order valence-corrected chi connectivity index (χ2v) is 11.3. The van der Waals surface area contributed by atoms with Gasteiger partial charge in [-0.15, -0.1) is 0 Å². The van der Waals surface area contributed by atoms with E-state index in [1.165, 1.54) is 21.1 Å². The number of carbonyl (C=O) groups excluding carboxylic acids is 1. The first-order chi connectivity index (χ1) is 18.8. The minimum Gasteiger partial charge on any atom is -0.499 e. The molecule has 1 saturated carbocycles. The number of nitrogens with zero attached hydrogens (tertiary/aromatic N) is 3. The van der Waals surface area contributed by atoms with Crippen molar-refractivity contribution in [2.24, 2.45) is 7.05 Å². The van der Waals surface area contributed by atoms with Gasteiger partial charge in [-0.1, -0.05) is 29.8 Å². The highest BCUT2D eigenvalue weighted by molar-refractivity contribution is 5.82. The number of aromatic nitrogens is 2. The number of allylic oxidation sites excluding steroid dienone is 1. The van der Waals surface area contributed by atoms with Crippen molar-refractivity contribution in [1.29, 1.82) is 0 Å². The Hall–Kier alpha value is -4.01. The zero-order valence-electron chi connectivity index (χ0n) is 25.0. The number of alkyl carbamates (subject to hydrolysis) is 1. The van der Waals surface area contributed by atoms with Crippen LogP contribution in [0.2, 0.25) is 0 Å². The van der Waals surface area contributed by atoms with E-state index in [1.54, 1.807) is 14.2 Å². The van der Waals surface area contributed by atoms with Gasteiger partial charge < -0.3 is 19.7 Å². The second kappa shape index (κ2) is 12.9. The van der Waals surface area contributed by atoms with E-state index in [2.05, 4.69) is 5.32 Å². The van der Waals surface area contributed by atoms with Crippen molar-refractivity contribution in [1.82, 2.24) is 14.5 Å². The lowest BCUT2D eigenvalue weighted by Gasteiger charge is -2.23. The van der Waals surface area contributed by atoms with Gasteiger partial charge in [-0.3, -0.25) is 13.9 Å². The van der Waals surface area contributed by atoms with E-state index < -0.39 is 11.7 Å². The van der Waals surface area contributed by atoms with Gasteiger partial charge in [0, 0.05) is 26.8 Å². The Kier molecular flexibility index (Phi) is 9.84. The zero-order chi connectivity index (χ0) is 29.6. The molecule has 2 aromatic carbocycles. The van der Waals surface area contributed by atoms with Crippen LogP contribution in [0.15, 0.2) is 63.4 Å². The van der Waals surface area contributed by atoms with E-state index in [4.69, 9.17) is 9.47 Å². The summed E-state index contributed by atoms with van der Waals surface area (Å²) in [6.07, 6.45) is 2.98. The lowest BCUT2D eigenvalue weighted by molar-refractivity contribution is 0.0524. The smallest absolute Gasteiger partial charge is 0.408 e. The second-order valence-electron chi connectivity index (χ2n) is 11.3. The normalized spacial score (nSPS) is 12.7. The monoisotopic (exact) mass is 550 g/mol. The molecule has 40 heavy (non-hydrogen) atoms. The van der Waals surface area contributed by atoms with Gasteiger partial charge in [0.25, 0.3) is 5.56 Å². The fourth-order valence-corrected chi connectivity index (χ4v) is 4.36. The molecule has 0 unspecified atom stereocenters. The van der Waals surface area contributed by atoms with Crippen LogP contribution in [0.3, 0.4) is 0 Å². The van der Waals surface area contributed by atoms with Crippen molar-refractivity contribution in [2.75, 3.05) is 32.6 Å². The highest BCUT2D eigenvalue weighted by Gasteiger charge is 2.19. The molecule has 1 fully saturated rings. The van der Waals surface area contributed by atoms with Crippen LogP contribution in [0.4, 0.5) is 10.5 Å². The van der Waals surface area contributed by atoms with Crippen LogP contribution < -0.4 is 21.5 Å². The van der Waals surface area contributed by atoms with E-state index in [-0.39, 0.29) is 17.8 Å². The molecule has 0 spiro atoms. The van der Waals surface area contributed by atoms with Gasteiger partial charge in [-0.25, -0.2) is 9.59 Å². The Bertz CT molecular complexity index is 1500. The quantitative estimate of drug-likeness (QED) is 0.447. The number of carbonyl (C=O) groups is 1. The molecule has 1 heterocycles. The Morgan fingerprint density at radius 2 is 1.77 bits per heavy atom. The molecule has 3 aromatic rings. The van der Waals surface area contributed by atoms with E-state index in [0.717, 1.165) is 35.4 Å². The Labute approximate surface area is 236 Å². The predicted molar refractivity (Wildman–Crippen MR) is 160 cm³/mol. The number of hydrogen-bond donors (Lipinski definition) is 1. The van der Waals surface area contributed by atoms with Crippen molar-refractivity contribution in [3.63, 3.8) is 0 Å². The summed E-state index contributed by atoms with van der Waals surface area (Å²) >= 11 is 0. The zero-order valence-corrected chi connectivity index (χ0v) is 25.0. The molecule has 9 heteroatoms. The van der Waals surface area contributed by atoms with Gasteiger partial charge in [-0.05, 0) is 76.3 Å². The number of ether oxygens (including phenoxy) is 2. The molecular weight excluding hydrogens is 508 g/mol. The van der Waals surface area contributed by atoms with Crippen molar-refractivity contribution in [2.45, 2.75) is 59.1 Å². The Morgan fingerprint density at radius 3 is 2.33 bits per heavy atom. The van der Waals surface area contributed by atoms with Gasteiger partial charge in [0.1, 0.15) is 11.4 Å². The molecule has 0 atom stereocenters. The molecule has 216 valence electrons. The standard InChI is InChI=1S/C19H21N3O2.C12H21NO3/c1-13-6-5-7-14(10-13)12-22-18(23)16-11-15(20(2)3)8-9-17(16)21(4)19(22)24;1-12(2,3)16-11(14)13-8-10(15-4)9-6-5-7-9/h5-11H,12H2,1-4H3;5-8H2,1-4H3,(H,13,14). The number of benzene rings is 2. The fourth-order valence-electron chi connectivity index (χ4n) is 4.36. The third-order valence-electron chi connectivity index (χ3n) is 6.66. The maximum Gasteiger partial charge on any atom is 0.408 e. The lowest BCUT2D eigenvalue weighted by Crippen LogP contribution is -2.39. The number of fused-ring (bicyclic) bond motifs is 1. The van der Waals surface area contributed by atoms with E-state index in [1.807, 2.05) is 89.2 Å². The molecule has 1 aliphatic carbocycles. The van der Waals surface area contributed by atoms with Gasteiger partial charge in [0.15, 0.2) is 0 Å². The highest BCUT2D eigenvalue weighted by Crippen LogP contribution is 2.28. The first-order valence-electron chi connectivity index (χ1n) is 13.5. The van der Waals surface area contributed by atoms with Gasteiger partial charge >= 0.3 is 11.8 Å². The number of aryl methyl sites for hydroxylation is 2. The molecule has 0 bridgehead atoms. The number of amides is 1. The van der Waals surface area contributed by atoms with Crippen LogP contribution in [-0.4, -0.2) is 48.6 Å². The predicted octanol–water partition coefficient (Wildman–Crippen LogP) is 4.72. The SMILES string of the molecule is COC(CNC(=O)OC(C)(C)C)=C1CCC1.Cc1cccc(Cn2c(=O)c3cc(N(C)C)ccc3n(C)c2=O)c1. The summed E-state index contributed by atoms with van der Waals surface area (Å²) in [5, 5.41) is 3.25. The maximum atomic E-state index is 12.9. The van der Waals surface area contributed by atoms with E-state index in [9.17, 15) is 14.4 Å². The van der Waals surface area contributed by atoms with Crippen molar-refractivity contribution in [3.8, 4) is 0 Å². The molecule has 1 aromatic heterocycles. The number of hydrogen-bond acceptors (Lipinski definition) is 6. The maximum absolute atomic E-state index is 12.9. The molecule has 0 radical (unpaired) electrons. The van der Waals surface area contributed by atoms with E-state index in [0.29, 0.717) is 17.4 Å². The first kappa shape index (κ1) is 30.5. The summed E-state index contributed by atoms with van der Waals surface area (Å²) in [7, 11) is 7.19. The third-order valence-corrected chi connectivity index (χ3v) is 6.66. The minimum atomic E-state index is -0.457. The first-order valence-corrected chi connectivity index (χ1v) is 13.5.